The number of hydrogen-bond acceptors (Lipinski definition) is 2. The summed E-state index contributed by atoms with van der Waals surface area (Å²) in [5, 5.41) is 7.72. The SMILES string of the molecule is CCNC(c1ccc(Br)c(F)c1)c1c(Br)cnn1CC. The van der Waals surface area contributed by atoms with Crippen LogP contribution in [-0.4, -0.2) is 16.3 Å². The average Bonchev–Trinajstić information content (AvgIpc) is 2.80. The molecule has 0 saturated heterocycles. The molecule has 108 valence electrons. The molecule has 20 heavy (non-hydrogen) atoms. The number of nitrogens with zero attached hydrogens (tertiary/aromatic N) is 2. The highest BCUT2D eigenvalue weighted by molar-refractivity contribution is 9.10. The van der Waals surface area contributed by atoms with E-state index in [0.717, 1.165) is 28.8 Å². The predicted octanol–water partition coefficient (Wildman–Crippen LogP) is 4.27. The summed E-state index contributed by atoms with van der Waals surface area (Å²) in [7, 11) is 0. The zero-order valence-corrected chi connectivity index (χ0v) is 14.5. The van der Waals surface area contributed by atoms with Crippen molar-refractivity contribution in [1.82, 2.24) is 15.1 Å². The van der Waals surface area contributed by atoms with E-state index in [2.05, 4.69) is 42.3 Å². The van der Waals surface area contributed by atoms with Gasteiger partial charge in [0, 0.05) is 6.54 Å². The lowest BCUT2D eigenvalue weighted by Gasteiger charge is -2.20. The van der Waals surface area contributed by atoms with E-state index < -0.39 is 0 Å². The fraction of sp³-hybridized carbons (Fsp3) is 0.357. The molecule has 6 heteroatoms. The largest absolute Gasteiger partial charge is 0.305 e. The third kappa shape index (κ3) is 3.13. The molecule has 0 saturated carbocycles. The molecular weight excluding hydrogens is 389 g/mol. The van der Waals surface area contributed by atoms with Gasteiger partial charge < -0.3 is 5.32 Å². The number of aryl methyl sites for hydroxylation is 1. The minimum absolute atomic E-state index is 0.0978. The summed E-state index contributed by atoms with van der Waals surface area (Å²) in [5.74, 6) is -0.260. The number of halogens is 3. The van der Waals surface area contributed by atoms with Gasteiger partial charge in [-0.2, -0.15) is 5.10 Å². The van der Waals surface area contributed by atoms with Crippen molar-refractivity contribution in [3.05, 3.63) is 50.4 Å². The maximum Gasteiger partial charge on any atom is 0.137 e. The van der Waals surface area contributed by atoms with E-state index in [1.54, 1.807) is 18.3 Å². The van der Waals surface area contributed by atoms with Gasteiger partial charge in [-0.1, -0.05) is 13.0 Å². The Morgan fingerprint density at radius 3 is 2.65 bits per heavy atom. The third-order valence-corrected chi connectivity index (χ3v) is 4.35. The Bertz CT molecular complexity index is 598. The second-order valence-electron chi connectivity index (χ2n) is 4.36. The van der Waals surface area contributed by atoms with Crippen LogP contribution in [0.3, 0.4) is 0 Å². The third-order valence-electron chi connectivity index (χ3n) is 3.09. The van der Waals surface area contributed by atoms with Crippen LogP contribution in [0, 0.1) is 5.82 Å². The molecular formula is C14H16Br2FN3. The topological polar surface area (TPSA) is 29.9 Å². The number of nitrogens with one attached hydrogen (secondary N) is 1. The van der Waals surface area contributed by atoms with Gasteiger partial charge in [-0.3, -0.25) is 4.68 Å². The van der Waals surface area contributed by atoms with Crippen LogP contribution in [0.25, 0.3) is 0 Å². The monoisotopic (exact) mass is 403 g/mol. The van der Waals surface area contributed by atoms with E-state index >= 15 is 0 Å². The van der Waals surface area contributed by atoms with Crippen LogP contribution in [-0.2, 0) is 6.54 Å². The second-order valence-corrected chi connectivity index (χ2v) is 6.07. The van der Waals surface area contributed by atoms with E-state index in [0.29, 0.717) is 4.47 Å². The molecule has 0 aliphatic heterocycles. The van der Waals surface area contributed by atoms with Crippen LogP contribution in [0.1, 0.15) is 31.1 Å². The summed E-state index contributed by atoms with van der Waals surface area (Å²) in [6.45, 7) is 5.61. The van der Waals surface area contributed by atoms with Crippen LogP contribution >= 0.6 is 31.9 Å². The van der Waals surface area contributed by atoms with Crippen LogP contribution in [0.4, 0.5) is 4.39 Å². The molecule has 1 N–H and O–H groups in total. The zero-order valence-electron chi connectivity index (χ0n) is 11.3. The van der Waals surface area contributed by atoms with Crippen LogP contribution < -0.4 is 5.32 Å². The Labute approximate surface area is 134 Å². The fourth-order valence-corrected chi connectivity index (χ4v) is 2.95. The number of rotatable bonds is 5. The van der Waals surface area contributed by atoms with Gasteiger partial charge in [0.1, 0.15) is 5.82 Å². The van der Waals surface area contributed by atoms with E-state index in [1.807, 2.05) is 24.6 Å². The van der Waals surface area contributed by atoms with Gasteiger partial charge >= 0.3 is 0 Å². The first-order valence-electron chi connectivity index (χ1n) is 6.48. The molecule has 2 aromatic rings. The second kappa shape index (κ2) is 6.83. The number of benzene rings is 1. The fourth-order valence-electron chi connectivity index (χ4n) is 2.18. The molecule has 1 unspecified atom stereocenters. The molecule has 0 fully saturated rings. The number of hydrogen-bond donors (Lipinski definition) is 1. The molecule has 0 spiro atoms. The molecule has 1 atom stereocenters. The van der Waals surface area contributed by atoms with Crippen molar-refractivity contribution in [1.29, 1.82) is 0 Å². The molecule has 0 bridgehead atoms. The summed E-state index contributed by atoms with van der Waals surface area (Å²) < 4.78 is 17.1. The molecule has 0 aliphatic carbocycles. The van der Waals surface area contributed by atoms with Crippen LogP contribution in [0.15, 0.2) is 33.3 Å². The Balaban J connectivity index is 2.49. The van der Waals surface area contributed by atoms with Crippen molar-refractivity contribution < 1.29 is 4.39 Å². The lowest BCUT2D eigenvalue weighted by molar-refractivity contribution is 0.536. The van der Waals surface area contributed by atoms with Crippen molar-refractivity contribution in [2.75, 3.05) is 6.54 Å². The van der Waals surface area contributed by atoms with Gasteiger partial charge in [0.05, 0.1) is 26.9 Å². The standard InChI is InChI=1S/C14H16Br2FN3/c1-3-18-13(9-5-6-10(15)12(17)7-9)14-11(16)8-19-20(14)4-2/h5-8,13,18H,3-4H2,1-2H3. The van der Waals surface area contributed by atoms with Crippen molar-refractivity contribution in [3.8, 4) is 0 Å². The highest BCUT2D eigenvalue weighted by Gasteiger charge is 2.21. The summed E-state index contributed by atoms with van der Waals surface area (Å²) in [6.07, 6.45) is 1.78. The van der Waals surface area contributed by atoms with Gasteiger partial charge in [0.2, 0.25) is 0 Å². The van der Waals surface area contributed by atoms with Crippen molar-refractivity contribution in [2.45, 2.75) is 26.4 Å². The zero-order chi connectivity index (χ0) is 14.7. The van der Waals surface area contributed by atoms with Crippen molar-refractivity contribution in [3.63, 3.8) is 0 Å². The van der Waals surface area contributed by atoms with Crippen LogP contribution in [0.5, 0.6) is 0 Å². The first kappa shape index (κ1) is 15.7. The summed E-state index contributed by atoms with van der Waals surface area (Å²) in [5.41, 5.74) is 1.89. The smallest absolute Gasteiger partial charge is 0.137 e. The van der Waals surface area contributed by atoms with E-state index in [9.17, 15) is 4.39 Å². The van der Waals surface area contributed by atoms with Crippen molar-refractivity contribution >= 4 is 31.9 Å². The molecule has 1 aromatic heterocycles. The number of aromatic nitrogens is 2. The summed E-state index contributed by atoms with van der Waals surface area (Å²) >= 11 is 6.72. The minimum Gasteiger partial charge on any atom is -0.305 e. The normalized spacial score (nSPS) is 12.7. The molecule has 1 heterocycles. The van der Waals surface area contributed by atoms with Crippen molar-refractivity contribution in [2.24, 2.45) is 0 Å². The van der Waals surface area contributed by atoms with Crippen LogP contribution in [0.2, 0.25) is 0 Å². The first-order chi connectivity index (χ1) is 9.58. The van der Waals surface area contributed by atoms with Gasteiger partial charge in [0.25, 0.3) is 0 Å². The Morgan fingerprint density at radius 1 is 1.30 bits per heavy atom. The van der Waals surface area contributed by atoms with Gasteiger partial charge in [0.15, 0.2) is 0 Å². The average molecular weight is 405 g/mol. The maximum absolute atomic E-state index is 13.8. The van der Waals surface area contributed by atoms with E-state index in [4.69, 9.17) is 0 Å². The molecule has 0 radical (unpaired) electrons. The highest BCUT2D eigenvalue weighted by Crippen LogP contribution is 2.30. The molecule has 1 aromatic carbocycles. The molecule has 0 amide bonds. The maximum atomic E-state index is 13.8. The first-order valence-corrected chi connectivity index (χ1v) is 8.06. The lowest BCUT2D eigenvalue weighted by atomic mass is 10.0. The molecule has 0 aliphatic rings. The van der Waals surface area contributed by atoms with E-state index in [1.165, 1.54) is 0 Å². The van der Waals surface area contributed by atoms with Gasteiger partial charge in [-0.05, 0) is 63.0 Å². The Morgan fingerprint density at radius 2 is 2.05 bits per heavy atom. The summed E-state index contributed by atoms with van der Waals surface area (Å²) in [6, 6.07) is 5.10. The Kier molecular flexibility index (Phi) is 5.35. The van der Waals surface area contributed by atoms with E-state index in [-0.39, 0.29) is 11.9 Å². The van der Waals surface area contributed by atoms with Gasteiger partial charge in [-0.15, -0.1) is 0 Å². The Hall–Kier alpha value is -0.720. The predicted molar refractivity (Wildman–Crippen MR) is 85.2 cm³/mol. The molecule has 2 rings (SSSR count). The molecule has 3 nitrogen and oxygen atoms in total. The van der Waals surface area contributed by atoms with Gasteiger partial charge in [-0.25, -0.2) is 4.39 Å². The minimum atomic E-state index is -0.260. The quantitative estimate of drug-likeness (QED) is 0.806. The summed E-state index contributed by atoms with van der Waals surface area (Å²) in [4.78, 5) is 0. The highest BCUT2D eigenvalue weighted by atomic mass is 79.9. The lowest BCUT2D eigenvalue weighted by Crippen LogP contribution is -2.25.